The fourth-order valence-electron chi connectivity index (χ4n) is 5.34. The van der Waals surface area contributed by atoms with E-state index in [-0.39, 0.29) is 23.2 Å². The van der Waals surface area contributed by atoms with Gasteiger partial charge in [-0.3, -0.25) is 14.4 Å². The molecule has 0 radical (unpaired) electrons. The Bertz CT molecular complexity index is 1180. The molecule has 2 aromatic rings. The highest BCUT2D eigenvalue weighted by Crippen LogP contribution is 2.60. The van der Waals surface area contributed by atoms with Gasteiger partial charge in [0.05, 0.1) is 5.69 Å². The molecule has 2 atom stereocenters. The number of allylic oxidation sites excluding steroid dienone is 1. The van der Waals surface area contributed by atoms with Crippen molar-refractivity contribution in [3.05, 3.63) is 62.8 Å². The van der Waals surface area contributed by atoms with E-state index in [0.29, 0.717) is 41.2 Å². The number of rotatable bonds is 2. The van der Waals surface area contributed by atoms with Crippen LogP contribution in [0.5, 0.6) is 0 Å². The topological polar surface area (TPSA) is 83.1 Å². The quantitative estimate of drug-likeness (QED) is 0.828. The fraction of sp³-hybridized carbons (Fsp3) is 0.364. The van der Waals surface area contributed by atoms with E-state index in [2.05, 4.69) is 9.97 Å². The van der Waals surface area contributed by atoms with Crippen molar-refractivity contribution < 1.29 is 9.59 Å². The van der Waals surface area contributed by atoms with Crippen molar-refractivity contribution in [3.8, 4) is 0 Å². The standard InChI is InChI=1S/C22H21N3O3S/c1-11-18-19(23-14(10-29-3)20(27)24-18)17-13(8-9-16(17)26)22(11)12-6-4-5-7-15(12)25(2)21(22)28/h4-7,11H,8-10H2,1-3H3,(H,24,27)/t11-,22?/m1/s1. The molecule has 0 saturated heterocycles. The molecule has 1 aromatic carbocycles. The Morgan fingerprint density at radius 2 is 2.00 bits per heavy atom. The normalized spacial score (nSPS) is 24.9. The minimum atomic E-state index is -0.967. The van der Waals surface area contributed by atoms with Gasteiger partial charge in [-0.15, -0.1) is 0 Å². The first-order valence-electron chi connectivity index (χ1n) is 9.69. The van der Waals surface area contributed by atoms with Gasteiger partial charge in [0.2, 0.25) is 5.91 Å². The summed E-state index contributed by atoms with van der Waals surface area (Å²) in [6, 6.07) is 7.74. The summed E-state index contributed by atoms with van der Waals surface area (Å²) < 4.78 is 0. The number of para-hydroxylation sites is 1. The lowest BCUT2D eigenvalue weighted by molar-refractivity contribution is -0.122. The van der Waals surface area contributed by atoms with E-state index >= 15 is 0 Å². The van der Waals surface area contributed by atoms with Crippen LogP contribution >= 0.6 is 11.8 Å². The number of likely N-dealkylation sites (N-methyl/N-ethyl adjacent to an activating group) is 1. The Morgan fingerprint density at radius 3 is 2.76 bits per heavy atom. The van der Waals surface area contributed by atoms with E-state index in [9.17, 15) is 14.4 Å². The van der Waals surface area contributed by atoms with Gasteiger partial charge in [-0.2, -0.15) is 11.8 Å². The lowest BCUT2D eigenvalue weighted by Crippen LogP contribution is -2.47. The van der Waals surface area contributed by atoms with Crippen molar-refractivity contribution in [2.75, 3.05) is 18.2 Å². The number of aromatic amines is 1. The molecular formula is C22H21N3O3S. The highest BCUT2D eigenvalue weighted by Gasteiger charge is 2.60. The summed E-state index contributed by atoms with van der Waals surface area (Å²) in [4.78, 5) is 48.7. The second-order valence-electron chi connectivity index (χ2n) is 7.90. The molecule has 0 fully saturated rings. The van der Waals surface area contributed by atoms with Crippen molar-refractivity contribution >= 4 is 34.7 Å². The SMILES string of the molecule is CSCc1nc2c([nH]c1=O)[C@@H](C)C1(C(=O)N(C)c3ccccc31)C1=C2C(=O)CC1. The van der Waals surface area contributed by atoms with Crippen LogP contribution in [0.15, 0.2) is 34.6 Å². The highest BCUT2D eigenvalue weighted by atomic mass is 32.2. The number of Topliss-reactive ketones (excluding diaryl/α,β-unsaturated/α-hetero) is 1. The number of hydrogen-bond donors (Lipinski definition) is 1. The van der Waals surface area contributed by atoms with Gasteiger partial charge in [-0.1, -0.05) is 25.1 Å². The third-order valence-electron chi connectivity index (χ3n) is 6.60. The fourth-order valence-corrected chi connectivity index (χ4v) is 5.81. The van der Waals surface area contributed by atoms with E-state index in [1.165, 1.54) is 11.8 Å². The predicted molar refractivity (Wildman–Crippen MR) is 113 cm³/mol. The largest absolute Gasteiger partial charge is 0.322 e. The highest BCUT2D eigenvalue weighted by molar-refractivity contribution is 7.97. The van der Waals surface area contributed by atoms with Crippen LogP contribution in [0.2, 0.25) is 0 Å². The van der Waals surface area contributed by atoms with Crippen molar-refractivity contribution in [2.45, 2.75) is 36.9 Å². The van der Waals surface area contributed by atoms with E-state index in [4.69, 9.17) is 0 Å². The zero-order valence-corrected chi connectivity index (χ0v) is 17.4. The number of anilines is 1. The number of benzene rings is 1. The monoisotopic (exact) mass is 407 g/mol. The summed E-state index contributed by atoms with van der Waals surface area (Å²) >= 11 is 1.51. The maximum absolute atomic E-state index is 13.7. The molecule has 29 heavy (non-hydrogen) atoms. The number of nitrogens with zero attached hydrogens (tertiary/aromatic N) is 2. The first kappa shape index (κ1) is 18.4. The molecule has 1 amide bonds. The van der Waals surface area contributed by atoms with Crippen LogP contribution in [-0.4, -0.2) is 35.0 Å². The molecule has 148 valence electrons. The molecule has 7 heteroatoms. The Labute approximate surface area is 172 Å². The molecule has 6 nitrogen and oxygen atoms in total. The summed E-state index contributed by atoms with van der Waals surface area (Å²) in [5, 5.41) is 0. The molecule has 3 aliphatic rings. The van der Waals surface area contributed by atoms with Crippen molar-refractivity contribution in [1.82, 2.24) is 9.97 Å². The molecule has 1 spiro atoms. The number of carbonyl (C=O) groups excluding carboxylic acids is 2. The summed E-state index contributed by atoms with van der Waals surface area (Å²) in [5.74, 6) is 0.100. The zero-order valence-electron chi connectivity index (χ0n) is 16.5. The van der Waals surface area contributed by atoms with Gasteiger partial charge in [0.25, 0.3) is 5.56 Å². The number of carbonyl (C=O) groups is 2. The molecule has 1 unspecified atom stereocenters. The minimum Gasteiger partial charge on any atom is -0.322 e. The maximum Gasteiger partial charge on any atom is 0.270 e. The van der Waals surface area contributed by atoms with Gasteiger partial charge < -0.3 is 9.88 Å². The van der Waals surface area contributed by atoms with Gasteiger partial charge in [0.15, 0.2) is 5.78 Å². The molecule has 0 saturated carbocycles. The van der Waals surface area contributed by atoms with Gasteiger partial charge in [-0.05, 0) is 29.9 Å². The van der Waals surface area contributed by atoms with Crippen LogP contribution in [0.1, 0.15) is 48.3 Å². The average Bonchev–Trinajstić information content (AvgIpc) is 3.20. The van der Waals surface area contributed by atoms with Crippen molar-refractivity contribution in [2.24, 2.45) is 0 Å². The average molecular weight is 407 g/mol. The lowest BCUT2D eigenvalue weighted by Gasteiger charge is -2.40. The van der Waals surface area contributed by atoms with Crippen molar-refractivity contribution in [1.29, 1.82) is 0 Å². The first-order chi connectivity index (χ1) is 13.9. The summed E-state index contributed by atoms with van der Waals surface area (Å²) in [5.41, 5.74) is 3.51. The number of ketones is 1. The second kappa shape index (κ2) is 6.16. The smallest absolute Gasteiger partial charge is 0.270 e. The van der Waals surface area contributed by atoms with Crippen LogP contribution in [0, 0.1) is 0 Å². The Morgan fingerprint density at radius 1 is 1.24 bits per heavy atom. The van der Waals surface area contributed by atoms with Gasteiger partial charge >= 0.3 is 0 Å². The van der Waals surface area contributed by atoms with E-state index in [1.807, 2.05) is 37.4 Å². The molecule has 0 bridgehead atoms. The van der Waals surface area contributed by atoms with Gasteiger partial charge in [0.1, 0.15) is 11.1 Å². The summed E-state index contributed by atoms with van der Waals surface area (Å²) in [7, 11) is 1.78. The summed E-state index contributed by atoms with van der Waals surface area (Å²) in [6.07, 6.45) is 2.83. The molecular weight excluding hydrogens is 386 g/mol. The molecule has 1 N–H and O–H groups in total. The van der Waals surface area contributed by atoms with E-state index in [1.54, 1.807) is 11.9 Å². The van der Waals surface area contributed by atoms with Crippen LogP contribution < -0.4 is 10.5 Å². The zero-order chi connectivity index (χ0) is 20.5. The minimum absolute atomic E-state index is 0.00186. The Balaban J connectivity index is 1.88. The molecule has 2 heterocycles. The van der Waals surface area contributed by atoms with Crippen LogP contribution in [0.25, 0.3) is 5.57 Å². The number of amides is 1. The molecule has 5 rings (SSSR count). The summed E-state index contributed by atoms with van der Waals surface area (Å²) in [6.45, 7) is 1.96. The Hall–Kier alpha value is -2.67. The number of H-pyrrole nitrogens is 1. The number of aromatic nitrogens is 2. The number of hydrogen-bond acceptors (Lipinski definition) is 5. The predicted octanol–water partition coefficient (Wildman–Crippen LogP) is 2.78. The number of fused-ring (bicyclic) bond motifs is 5. The molecule has 1 aliphatic heterocycles. The van der Waals surface area contributed by atoms with Crippen LogP contribution in [-0.2, 0) is 20.8 Å². The molecule has 2 aliphatic carbocycles. The third-order valence-corrected chi connectivity index (χ3v) is 7.17. The van der Waals surface area contributed by atoms with Gasteiger partial charge in [0, 0.05) is 42.1 Å². The molecule has 1 aromatic heterocycles. The Kier molecular flexibility index (Phi) is 3.90. The third kappa shape index (κ3) is 2.14. The van der Waals surface area contributed by atoms with Crippen LogP contribution in [0.4, 0.5) is 5.69 Å². The lowest BCUT2D eigenvalue weighted by atomic mass is 9.61. The van der Waals surface area contributed by atoms with Crippen LogP contribution in [0.3, 0.4) is 0 Å². The van der Waals surface area contributed by atoms with Gasteiger partial charge in [-0.25, -0.2) is 4.98 Å². The maximum atomic E-state index is 13.7. The first-order valence-corrected chi connectivity index (χ1v) is 11.1. The number of nitrogens with one attached hydrogen (secondary N) is 1. The number of thioether (sulfide) groups is 1. The van der Waals surface area contributed by atoms with E-state index in [0.717, 1.165) is 16.8 Å². The van der Waals surface area contributed by atoms with E-state index < -0.39 is 5.41 Å². The second-order valence-corrected chi connectivity index (χ2v) is 8.76. The van der Waals surface area contributed by atoms with Crippen molar-refractivity contribution in [3.63, 3.8) is 0 Å².